The molecule has 0 saturated carbocycles. The van der Waals surface area contributed by atoms with Crippen LogP contribution in [0.25, 0.3) is 0 Å². The van der Waals surface area contributed by atoms with E-state index < -0.39 is 6.10 Å². The van der Waals surface area contributed by atoms with Crippen LogP contribution >= 0.6 is 0 Å². The van der Waals surface area contributed by atoms with Gasteiger partial charge in [-0.3, -0.25) is 9.59 Å². The molecule has 0 fully saturated rings. The van der Waals surface area contributed by atoms with Gasteiger partial charge in [0.05, 0.1) is 6.61 Å². The fourth-order valence-electron chi connectivity index (χ4n) is 8.05. The molecular weight excluding hydrogens is 789 g/mol. The Morgan fingerprint density at radius 2 is 0.672 bits per heavy atom. The number of allylic oxidation sites excluding steroid dienone is 8. The number of hydrogen-bond acceptors (Lipinski definition) is 5. The Kier molecular flexibility index (Phi) is 53.3. The molecule has 0 aliphatic rings. The molecule has 0 aliphatic heterocycles. The third-order valence-electron chi connectivity index (χ3n) is 12.3. The van der Waals surface area contributed by atoms with Crippen LogP contribution in [0.15, 0.2) is 48.6 Å². The van der Waals surface area contributed by atoms with Crippen molar-refractivity contribution in [2.24, 2.45) is 0 Å². The van der Waals surface area contributed by atoms with Crippen molar-refractivity contribution >= 4 is 11.9 Å². The lowest BCUT2D eigenvalue weighted by molar-refractivity contribution is -0.163. The Morgan fingerprint density at radius 1 is 0.344 bits per heavy atom. The van der Waals surface area contributed by atoms with Gasteiger partial charge >= 0.3 is 11.9 Å². The Bertz CT molecular complexity index is 1060. The van der Waals surface area contributed by atoms with Crippen molar-refractivity contribution < 1.29 is 23.8 Å². The number of esters is 2. The van der Waals surface area contributed by atoms with Crippen LogP contribution in [-0.4, -0.2) is 37.9 Å². The summed E-state index contributed by atoms with van der Waals surface area (Å²) >= 11 is 0. The molecule has 64 heavy (non-hydrogen) atoms. The van der Waals surface area contributed by atoms with Gasteiger partial charge in [-0.1, -0.05) is 230 Å². The fraction of sp³-hybridized carbons (Fsp3) is 0.831. The number of unbranched alkanes of at least 4 members (excludes halogenated alkanes) is 33. The van der Waals surface area contributed by atoms with Gasteiger partial charge in [0, 0.05) is 19.4 Å². The predicted molar refractivity (Wildman–Crippen MR) is 279 cm³/mol. The summed E-state index contributed by atoms with van der Waals surface area (Å²) in [6.45, 7) is 7.78. The Morgan fingerprint density at radius 3 is 1.12 bits per heavy atom. The molecule has 1 atom stereocenters. The van der Waals surface area contributed by atoms with E-state index in [1.165, 1.54) is 199 Å². The molecule has 5 nitrogen and oxygen atoms in total. The predicted octanol–water partition coefficient (Wildman–Crippen LogP) is 19.1. The maximum absolute atomic E-state index is 12.8. The van der Waals surface area contributed by atoms with Crippen LogP contribution in [0.1, 0.15) is 290 Å². The van der Waals surface area contributed by atoms with Gasteiger partial charge in [0.2, 0.25) is 0 Å². The fourth-order valence-corrected chi connectivity index (χ4v) is 8.05. The molecule has 0 aromatic rings. The van der Waals surface area contributed by atoms with E-state index in [4.69, 9.17) is 14.2 Å². The van der Waals surface area contributed by atoms with Gasteiger partial charge in [-0.15, -0.1) is 0 Å². The van der Waals surface area contributed by atoms with Gasteiger partial charge < -0.3 is 14.2 Å². The van der Waals surface area contributed by atoms with E-state index >= 15 is 0 Å². The summed E-state index contributed by atoms with van der Waals surface area (Å²) in [5.41, 5.74) is 0. The summed E-state index contributed by atoms with van der Waals surface area (Å²) in [5.74, 6) is -0.403. The van der Waals surface area contributed by atoms with Crippen LogP contribution in [0.5, 0.6) is 0 Å². The maximum atomic E-state index is 12.8. The highest BCUT2D eigenvalue weighted by atomic mass is 16.6. The zero-order valence-corrected chi connectivity index (χ0v) is 43.1. The summed E-state index contributed by atoms with van der Waals surface area (Å²) in [5, 5.41) is 0. The minimum absolute atomic E-state index is 0.0806. The first kappa shape index (κ1) is 61.9. The standard InChI is InChI=1S/C59H108O5/c1-4-7-10-13-16-19-22-24-26-28-30-31-33-35-38-40-43-46-49-52-58(60)63-56-57(64-59(61)53-50-47-44-41-37-21-18-15-12-9-6-3)55-62-54-51-48-45-42-39-36-34-32-29-27-25-23-20-17-14-11-8-5-2/h15-16,18-19,24-27,57H,4-14,17,20-23,28-56H2,1-3H3/b18-15-,19-16-,26-24-,27-25-. The SMILES string of the molecule is CCCC/C=C\CCCCCCCC(=O)OC(COCCCCCCCCCC/C=C\CCCCCCCC)COC(=O)CCCCCCCCCCC/C=C\C/C=C\CCCCC. The third kappa shape index (κ3) is 52.5. The van der Waals surface area contributed by atoms with Crippen molar-refractivity contribution in [3.8, 4) is 0 Å². The zero-order valence-electron chi connectivity index (χ0n) is 43.1. The van der Waals surface area contributed by atoms with E-state index in [0.29, 0.717) is 19.4 Å². The number of carbonyl (C=O) groups is 2. The summed E-state index contributed by atoms with van der Waals surface area (Å²) in [6.07, 6.45) is 68.4. The summed E-state index contributed by atoms with van der Waals surface area (Å²) in [4.78, 5) is 25.4. The number of ether oxygens (including phenoxy) is 3. The van der Waals surface area contributed by atoms with Crippen molar-refractivity contribution in [3.05, 3.63) is 48.6 Å². The molecular formula is C59H108O5. The number of carbonyl (C=O) groups excluding carboxylic acids is 2. The van der Waals surface area contributed by atoms with E-state index in [1.54, 1.807) is 0 Å². The van der Waals surface area contributed by atoms with E-state index in [-0.39, 0.29) is 25.2 Å². The van der Waals surface area contributed by atoms with Gasteiger partial charge in [0.25, 0.3) is 0 Å². The highest BCUT2D eigenvalue weighted by molar-refractivity contribution is 5.70. The lowest BCUT2D eigenvalue weighted by Gasteiger charge is -2.18. The molecule has 0 amide bonds. The largest absolute Gasteiger partial charge is 0.462 e. The molecule has 0 aromatic carbocycles. The second kappa shape index (κ2) is 55.2. The molecule has 0 heterocycles. The van der Waals surface area contributed by atoms with Gasteiger partial charge in [0.15, 0.2) is 6.10 Å². The van der Waals surface area contributed by atoms with Crippen molar-refractivity contribution in [2.45, 2.75) is 297 Å². The average Bonchev–Trinajstić information content (AvgIpc) is 3.30. The van der Waals surface area contributed by atoms with Crippen molar-refractivity contribution in [3.63, 3.8) is 0 Å². The van der Waals surface area contributed by atoms with Gasteiger partial charge in [-0.05, 0) is 96.3 Å². The topological polar surface area (TPSA) is 61.8 Å². The van der Waals surface area contributed by atoms with Crippen LogP contribution < -0.4 is 0 Å². The highest BCUT2D eigenvalue weighted by Gasteiger charge is 2.17. The van der Waals surface area contributed by atoms with Crippen molar-refractivity contribution in [1.29, 1.82) is 0 Å². The zero-order chi connectivity index (χ0) is 46.3. The minimum Gasteiger partial charge on any atom is -0.462 e. The average molecular weight is 898 g/mol. The molecule has 0 rings (SSSR count). The third-order valence-corrected chi connectivity index (χ3v) is 12.3. The second-order valence-electron chi connectivity index (χ2n) is 18.8. The Balaban J connectivity index is 4.20. The molecule has 0 N–H and O–H groups in total. The smallest absolute Gasteiger partial charge is 0.306 e. The quantitative estimate of drug-likeness (QED) is 0.0346. The minimum atomic E-state index is -0.542. The lowest BCUT2D eigenvalue weighted by Crippen LogP contribution is -2.30. The van der Waals surface area contributed by atoms with E-state index in [1.807, 2.05) is 0 Å². The van der Waals surface area contributed by atoms with Gasteiger partial charge in [0.1, 0.15) is 6.61 Å². The first-order valence-corrected chi connectivity index (χ1v) is 28.2. The van der Waals surface area contributed by atoms with Crippen LogP contribution in [0.3, 0.4) is 0 Å². The molecule has 0 spiro atoms. The molecule has 0 aliphatic carbocycles. The molecule has 0 radical (unpaired) electrons. The van der Waals surface area contributed by atoms with Crippen LogP contribution in [0, 0.1) is 0 Å². The molecule has 374 valence electrons. The summed E-state index contributed by atoms with van der Waals surface area (Å²) in [7, 11) is 0. The molecule has 0 aromatic heterocycles. The molecule has 5 heteroatoms. The molecule has 0 saturated heterocycles. The van der Waals surface area contributed by atoms with Crippen molar-refractivity contribution in [1.82, 2.24) is 0 Å². The second-order valence-corrected chi connectivity index (χ2v) is 18.8. The van der Waals surface area contributed by atoms with E-state index in [0.717, 1.165) is 57.8 Å². The maximum Gasteiger partial charge on any atom is 0.306 e. The van der Waals surface area contributed by atoms with Crippen molar-refractivity contribution in [2.75, 3.05) is 19.8 Å². The summed E-state index contributed by atoms with van der Waals surface area (Å²) < 4.78 is 17.4. The van der Waals surface area contributed by atoms with Gasteiger partial charge in [-0.2, -0.15) is 0 Å². The lowest BCUT2D eigenvalue weighted by atomic mass is 10.1. The van der Waals surface area contributed by atoms with Crippen LogP contribution in [0.4, 0.5) is 0 Å². The summed E-state index contributed by atoms with van der Waals surface area (Å²) in [6, 6.07) is 0. The molecule has 0 bridgehead atoms. The van der Waals surface area contributed by atoms with E-state index in [9.17, 15) is 9.59 Å². The first-order valence-electron chi connectivity index (χ1n) is 28.2. The first-order chi connectivity index (χ1) is 31.6. The Hall–Kier alpha value is -2.14. The van der Waals surface area contributed by atoms with E-state index in [2.05, 4.69) is 69.4 Å². The van der Waals surface area contributed by atoms with Gasteiger partial charge in [-0.25, -0.2) is 0 Å². The normalized spacial score (nSPS) is 12.5. The highest BCUT2D eigenvalue weighted by Crippen LogP contribution is 2.15. The number of rotatable bonds is 52. The monoisotopic (exact) mass is 897 g/mol. The van der Waals surface area contributed by atoms with Crippen LogP contribution in [-0.2, 0) is 23.8 Å². The molecule has 1 unspecified atom stereocenters. The van der Waals surface area contributed by atoms with Crippen LogP contribution in [0.2, 0.25) is 0 Å². The Labute approximate surface area is 399 Å². The number of hydrogen-bond donors (Lipinski definition) is 0.